The molecular formula is C16H13NO4. The number of rotatable bonds is 4. The number of ether oxygens (including phenoxy) is 2. The molecule has 1 N–H and O–H groups in total. The number of methoxy groups -OCH3 is 1. The molecule has 2 rings (SSSR count). The monoisotopic (exact) mass is 283 g/mol. The molecule has 0 amide bonds. The number of carboxylic acids is 1. The number of carbonyl (C=O) groups is 1. The fourth-order valence-corrected chi connectivity index (χ4v) is 1.83. The van der Waals surface area contributed by atoms with Gasteiger partial charge in [0.05, 0.1) is 18.7 Å². The Bertz CT molecular complexity index is 732. The lowest BCUT2D eigenvalue weighted by Crippen LogP contribution is -2.01. The zero-order valence-corrected chi connectivity index (χ0v) is 11.6. The van der Waals surface area contributed by atoms with Crippen LogP contribution in [0.3, 0.4) is 0 Å². The molecule has 0 saturated carbocycles. The van der Waals surface area contributed by atoms with Crippen LogP contribution < -0.4 is 9.47 Å². The van der Waals surface area contributed by atoms with Crippen molar-refractivity contribution < 1.29 is 19.4 Å². The Morgan fingerprint density at radius 1 is 1.14 bits per heavy atom. The maximum absolute atomic E-state index is 11.2. The average molecular weight is 283 g/mol. The van der Waals surface area contributed by atoms with Gasteiger partial charge in [-0.05, 0) is 36.8 Å². The summed E-state index contributed by atoms with van der Waals surface area (Å²) in [7, 11) is 1.46. The molecule has 0 aromatic heterocycles. The Morgan fingerprint density at radius 2 is 1.90 bits per heavy atom. The SMILES string of the molecule is COc1cc(C#N)ccc1Oc1cc(C)ccc1C(=O)O. The normalized spacial score (nSPS) is 9.76. The van der Waals surface area contributed by atoms with Gasteiger partial charge in [0.1, 0.15) is 11.3 Å². The molecule has 0 spiro atoms. The Kier molecular flexibility index (Phi) is 4.10. The number of carboxylic acid groups (broad SMARTS) is 1. The van der Waals surface area contributed by atoms with Gasteiger partial charge in [-0.2, -0.15) is 5.26 Å². The van der Waals surface area contributed by atoms with Crippen LogP contribution in [0.1, 0.15) is 21.5 Å². The van der Waals surface area contributed by atoms with Gasteiger partial charge in [-0.15, -0.1) is 0 Å². The number of aryl methyl sites for hydroxylation is 1. The maximum Gasteiger partial charge on any atom is 0.339 e. The lowest BCUT2D eigenvalue weighted by atomic mass is 10.1. The van der Waals surface area contributed by atoms with Crippen molar-refractivity contribution in [1.82, 2.24) is 0 Å². The Hall–Kier alpha value is -3.00. The largest absolute Gasteiger partial charge is 0.493 e. The van der Waals surface area contributed by atoms with Gasteiger partial charge in [-0.1, -0.05) is 6.07 Å². The summed E-state index contributed by atoms with van der Waals surface area (Å²) in [5.41, 5.74) is 1.37. The van der Waals surface area contributed by atoms with Crippen LogP contribution in [-0.2, 0) is 0 Å². The molecule has 0 saturated heterocycles. The number of hydrogen-bond donors (Lipinski definition) is 1. The first-order valence-electron chi connectivity index (χ1n) is 6.15. The number of nitriles is 1. The predicted octanol–water partition coefficient (Wildman–Crippen LogP) is 3.37. The van der Waals surface area contributed by atoms with Crippen molar-refractivity contribution in [3.05, 3.63) is 53.1 Å². The molecule has 0 fully saturated rings. The number of aromatic carboxylic acids is 1. The molecule has 5 heteroatoms. The lowest BCUT2D eigenvalue weighted by Gasteiger charge is -2.12. The molecule has 21 heavy (non-hydrogen) atoms. The standard InChI is InChI=1S/C16H13NO4/c1-10-3-5-12(16(18)19)14(7-10)21-13-6-4-11(9-17)8-15(13)20-2/h3-8H,1-2H3,(H,18,19). The van der Waals surface area contributed by atoms with E-state index in [2.05, 4.69) is 0 Å². The van der Waals surface area contributed by atoms with Crippen LogP contribution in [0, 0.1) is 18.3 Å². The maximum atomic E-state index is 11.2. The second kappa shape index (κ2) is 5.97. The molecule has 0 radical (unpaired) electrons. The van der Waals surface area contributed by atoms with Crippen molar-refractivity contribution in [3.8, 4) is 23.3 Å². The molecular weight excluding hydrogens is 270 g/mol. The third-order valence-electron chi connectivity index (χ3n) is 2.88. The Labute approximate surface area is 122 Å². The van der Waals surface area contributed by atoms with Gasteiger partial charge in [0.2, 0.25) is 0 Å². The third kappa shape index (κ3) is 3.12. The molecule has 2 aromatic rings. The highest BCUT2D eigenvalue weighted by atomic mass is 16.5. The fourth-order valence-electron chi connectivity index (χ4n) is 1.83. The van der Waals surface area contributed by atoms with Crippen LogP contribution in [0.25, 0.3) is 0 Å². The van der Waals surface area contributed by atoms with Crippen LogP contribution >= 0.6 is 0 Å². The van der Waals surface area contributed by atoms with Crippen molar-refractivity contribution >= 4 is 5.97 Å². The van der Waals surface area contributed by atoms with Crippen LogP contribution in [0.4, 0.5) is 0 Å². The van der Waals surface area contributed by atoms with Gasteiger partial charge in [0.15, 0.2) is 11.5 Å². The summed E-state index contributed by atoms with van der Waals surface area (Å²) in [6.07, 6.45) is 0. The summed E-state index contributed by atoms with van der Waals surface area (Å²) < 4.78 is 10.8. The first kappa shape index (κ1) is 14.4. The second-order valence-corrected chi connectivity index (χ2v) is 4.38. The van der Waals surface area contributed by atoms with Gasteiger partial charge in [-0.25, -0.2) is 4.79 Å². The van der Waals surface area contributed by atoms with E-state index in [4.69, 9.17) is 14.7 Å². The molecule has 0 aliphatic rings. The zero-order chi connectivity index (χ0) is 15.4. The molecule has 106 valence electrons. The topological polar surface area (TPSA) is 79.5 Å². The molecule has 0 atom stereocenters. The summed E-state index contributed by atoms with van der Waals surface area (Å²) in [6.45, 7) is 1.84. The molecule has 0 unspecified atom stereocenters. The van der Waals surface area contributed by atoms with Gasteiger partial charge in [0, 0.05) is 6.07 Å². The van der Waals surface area contributed by atoms with Crippen molar-refractivity contribution in [2.45, 2.75) is 6.92 Å². The van der Waals surface area contributed by atoms with Gasteiger partial charge >= 0.3 is 5.97 Å². The van der Waals surface area contributed by atoms with Crippen molar-refractivity contribution in [2.24, 2.45) is 0 Å². The molecule has 2 aromatic carbocycles. The first-order chi connectivity index (χ1) is 10.0. The summed E-state index contributed by atoms with van der Waals surface area (Å²) in [4.78, 5) is 11.2. The van der Waals surface area contributed by atoms with Crippen LogP contribution in [0.5, 0.6) is 17.2 Å². The van der Waals surface area contributed by atoms with Crippen LogP contribution in [-0.4, -0.2) is 18.2 Å². The quantitative estimate of drug-likeness (QED) is 0.930. The van der Waals surface area contributed by atoms with Crippen molar-refractivity contribution in [3.63, 3.8) is 0 Å². The zero-order valence-electron chi connectivity index (χ0n) is 11.6. The van der Waals surface area contributed by atoms with Gasteiger partial charge < -0.3 is 14.6 Å². The minimum atomic E-state index is -1.07. The first-order valence-corrected chi connectivity index (χ1v) is 6.15. The molecule has 5 nitrogen and oxygen atoms in total. The highest BCUT2D eigenvalue weighted by Gasteiger charge is 2.14. The Balaban J connectivity index is 2.45. The van der Waals surface area contributed by atoms with E-state index >= 15 is 0 Å². The van der Waals surface area contributed by atoms with Crippen molar-refractivity contribution in [2.75, 3.05) is 7.11 Å². The van der Waals surface area contributed by atoms with E-state index in [0.29, 0.717) is 17.1 Å². The van der Waals surface area contributed by atoms with Crippen LogP contribution in [0.2, 0.25) is 0 Å². The molecule has 0 heterocycles. The molecule has 0 aliphatic heterocycles. The summed E-state index contributed by atoms with van der Waals surface area (Å²) >= 11 is 0. The van der Waals surface area contributed by atoms with E-state index < -0.39 is 5.97 Å². The van der Waals surface area contributed by atoms with E-state index in [1.807, 2.05) is 13.0 Å². The van der Waals surface area contributed by atoms with E-state index in [1.54, 1.807) is 24.3 Å². The fraction of sp³-hybridized carbons (Fsp3) is 0.125. The predicted molar refractivity (Wildman–Crippen MR) is 75.9 cm³/mol. The summed E-state index contributed by atoms with van der Waals surface area (Å²) in [5.74, 6) is -0.125. The molecule has 0 bridgehead atoms. The highest BCUT2D eigenvalue weighted by molar-refractivity contribution is 5.91. The molecule has 0 aliphatic carbocycles. The average Bonchev–Trinajstić information content (AvgIpc) is 2.47. The van der Waals surface area contributed by atoms with Crippen molar-refractivity contribution in [1.29, 1.82) is 5.26 Å². The minimum absolute atomic E-state index is 0.0620. The van der Waals surface area contributed by atoms with Crippen LogP contribution in [0.15, 0.2) is 36.4 Å². The smallest absolute Gasteiger partial charge is 0.339 e. The third-order valence-corrected chi connectivity index (χ3v) is 2.88. The second-order valence-electron chi connectivity index (χ2n) is 4.38. The summed E-state index contributed by atoms with van der Waals surface area (Å²) in [6, 6.07) is 11.5. The number of nitrogens with zero attached hydrogens (tertiary/aromatic N) is 1. The summed E-state index contributed by atoms with van der Waals surface area (Å²) in [5, 5.41) is 18.1. The van der Waals surface area contributed by atoms with E-state index in [9.17, 15) is 9.90 Å². The van der Waals surface area contributed by atoms with E-state index in [1.165, 1.54) is 19.2 Å². The van der Waals surface area contributed by atoms with E-state index in [0.717, 1.165) is 5.56 Å². The van der Waals surface area contributed by atoms with Gasteiger partial charge in [-0.3, -0.25) is 0 Å². The lowest BCUT2D eigenvalue weighted by molar-refractivity contribution is 0.0694. The highest BCUT2D eigenvalue weighted by Crippen LogP contribution is 2.34. The number of benzene rings is 2. The van der Waals surface area contributed by atoms with Gasteiger partial charge in [0.25, 0.3) is 0 Å². The number of hydrogen-bond acceptors (Lipinski definition) is 4. The minimum Gasteiger partial charge on any atom is -0.493 e. The Morgan fingerprint density at radius 3 is 2.52 bits per heavy atom. The van der Waals surface area contributed by atoms with E-state index in [-0.39, 0.29) is 11.3 Å².